The highest BCUT2D eigenvalue weighted by Gasteiger charge is 2.14. The summed E-state index contributed by atoms with van der Waals surface area (Å²) in [7, 11) is 1.29. The second kappa shape index (κ2) is 9.21. The molecule has 0 unspecified atom stereocenters. The number of imidazole rings is 1. The van der Waals surface area contributed by atoms with E-state index in [4.69, 9.17) is 4.74 Å². The SMILES string of the molecule is COC(=O)c1ccc(/C=C/C(=O)OC/C(O)=C(\C#N)c2nc3ccccc3[nH]2)cc1. The van der Waals surface area contributed by atoms with E-state index in [1.54, 1.807) is 42.5 Å². The maximum Gasteiger partial charge on any atom is 0.337 e. The van der Waals surface area contributed by atoms with Gasteiger partial charge in [0.05, 0.1) is 23.7 Å². The topological polar surface area (TPSA) is 125 Å². The Balaban J connectivity index is 1.64. The van der Waals surface area contributed by atoms with Crippen molar-refractivity contribution in [3.8, 4) is 6.07 Å². The van der Waals surface area contributed by atoms with Gasteiger partial charge in [0.1, 0.15) is 18.2 Å². The molecule has 8 nitrogen and oxygen atoms in total. The van der Waals surface area contributed by atoms with Gasteiger partial charge in [-0.15, -0.1) is 0 Å². The third-order valence-corrected chi connectivity index (χ3v) is 4.12. The Hall–Kier alpha value is -4.38. The van der Waals surface area contributed by atoms with Crippen molar-refractivity contribution in [3.63, 3.8) is 0 Å². The summed E-state index contributed by atoms with van der Waals surface area (Å²) < 4.78 is 9.60. The van der Waals surface area contributed by atoms with Gasteiger partial charge < -0.3 is 19.6 Å². The van der Waals surface area contributed by atoms with Crippen LogP contribution in [-0.4, -0.2) is 40.7 Å². The summed E-state index contributed by atoms with van der Waals surface area (Å²) in [5, 5.41) is 19.5. The number of fused-ring (bicyclic) bond motifs is 1. The summed E-state index contributed by atoms with van der Waals surface area (Å²) in [6, 6.07) is 15.5. The molecule has 8 heteroatoms. The van der Waals surface area contributed by atoms with Gasteiger partial charge in [0.15, 0.2) is 11.6 Å². The van der Waals surface area contributed by atoms with Gasteiger partial charge in [0, 0.05) is 6.08 Å². The summed E-state index contributed by atoms with van der Waals surface area (Å²) in [6.07, 6.45) is 2.67. The fraction of sp³-hybridized carbons (Fsp3) is 0.0909. The molecule has 0 saturated carbocycles. The maximum absolute atomic E-state index is 11.9. The molecular weight excluding hydrogens is 386 g/mol. The summed E-state index contributed by atoms with van der Waals surface area (Å²) in [5.41, 5.74) is 2.31. The smallest absolute Gasteiger partial charge is 0.337 e. The standard InChI is InChI=1S/C22H17N3O5/c1-29-22(28)15-9-6-14(7-10-15)8-11-20(27)30-13-19(26)16(12-23)21-24-17-4-2-3-5-18(17)25-21/h2-11,26H,13H2,1H3,(H,24,25)/b11-8+,19-16-. The molecule has 0 aliphatic rings. The number of aliphatic hydroxyl groups is 1. The molecule has 3 aromatic rings. The molecule has 2 N–H and O–H groups in total. The van der Waals surface area contributed by atoms with Gasteiger partial charge in [-0.05, 0) is 35.9 Å². The number of aromatic nitrogens is 2. The molecule has 30 heavy (non-hydrogen) atoms. The van der Waals surface area contributed by atoms with Crippen LogP contribution in [0, 0.1) is 11.3 Å². The number of hydrogen-bond donors (Lipinski definition) is 2. The molecule has 0 bridgehead atoms. The summed E-state index contributed by atoms with van der Waals surface area (Å²) in [6.45, 7) is -0.482. The summed E-state index contributed by atoms with van der Waals surface area (Å²) in [5.74, 6) is -1.39. The van der Waals surface area contributed by atoms with Crippen LogP contribution in [0.1, 0.15) is 21.7 Å². The molecule has 1 heterocycles. The third kappa shape index (κ3) is 4.72. The van der Waals surface area contributed by atoms with Crippen molar-refractivity contribution in [3.05, 3.63) is 77.3 Å². The van der Waals surface area contributed by atoms with E-state index in [0.29, 0.717) is 22.2 Å². The molecule has 0 radical (unpaired) electrons. The van der Waals surface area contributed by atoms with Crippen molar-refractivity contribution in [1.82, 2.24) is 9.97 Å². The van der Waals surface area contributed by atoms with Crippen molar-refractivity contribution in [2.75, 3.05) is 13.7 Å². The van der Waals surface area contributed by atoms with E-state index in [1.807, 2.05) is 12.1 Å². The second-order valence-corrected chi connectivity index (χ2v) is 6.09. The number of ether oxygens (including phenoxy) is 2. The van der Waals surface area contributed by atoms with E-state index in [9.17, 15) is 20.0 Å². The molecule has 0 amide bonds. The molecule has 0 aliphatic carbocycles. The van der Waals surface area contributed by atoms with Gasteiger partial charge >= 0.3 is 11.9 Å². The number of methoxy groups -OCH3 is 1. The molecule has 2 aromatic carbocycles. The van der Waals surface area contributed by atoms with E-state index in [0.717, 1.165) is 0 Å². The number of aliphatic hydroxyl groups excluding tert-OH is 1. The van der Waals surface area contributed by atoms with Gasteiger partial charge in [-0.3, -0.25) is 0 Å². The van der Waals surface area contributed by atoms with Crippen LogP contribution in [0.25, 0.3) is 22.7 Å². The predicted octanol–water partition coefficient (Wildman–Crippen LogP) is 3.40. The molecule has 1 aromatic heterocycles. The van der Waals surface area contributed by atoms with Gasteiger partial charge in [0.25, 0.3) is 0 Å². The van der Waals surface area contributed by atoms with Gasteiger partial charge in [-0.2, -0.15) is 5.26 Å². The number of para-hydroxylation sites is 2. The molecule has 0 spiro atoms. The second-order valence-electron chi connectivity index (χ2n) is 6.09. The van der Waals surface area contributed by atoms with Crippen LogP contribution in [0.15, 0.2) is 60.4 Å². The molecule has 0 fully saturated rings. The van der Waals surface area contributed by atoms with E-state index in [-0.39, 0.29) is 11.4 Å². The zero-order chi connectivity index (χ0) is 21.5. The van der Waals surface area contributed by atoms with Gasteiger partial charge in [-0.1, -0.05) is 24.3 Å². The zero-order valence-corrected chi connectivity index (χ0v) is 16.0. The van der Waals surface area contributed by atoms with Crippen LogP contribution in [0.3, 0.4) is 0 Å². The first kappa shape index (κ1) is 20.4. The first-order valence-corrected chi connectivity index (χ1v) is 8.82. The Bertz CT molecular complexity index is 1150. The molecule has 0 saturated heterocycles. The number of carbonyl (C=O) groups is 2. The van der Waals surface area contributed by atoms with Crippen molar-refractivity contribution in [2.24, 2.45) is 0 Å². The first-order valence-electron chi connectivity index (χ1n) is 8.82. The van der Waals surface area contributed by atoms with Crippen LogP contribution in [0.4, 0.5) is 0 Å². The lowest BCUT2D eigenvalue weighted by molar-refractivity contribution is -0.137. The summed E-state index contributed by atoms with van der Waals surface area (Å²) >= 11 is 0. The normalized spacial score (nSPS) is 11.7. The number of allylic oxidation sites excluding steroid dienone is 1. The van der Waals surface area contributed by atoms with Crippen molar-refractivity contribution in [2.45, 2.75) is 0 Å². The van der Waals surface area contributed by atoms with E-state index in [1.165, 1.54) is 19.3 Å². The number of nitrogens with one attached hydrogen (secondary N) is 1. The monoisotopic (exact) mass is 403 g/mol. The average Bonchev–Trinajstić information content (AvgIpc) is 3.20. The van der Waals surface area contributed by atoms with Gasteiger partial charge in [0.2, 0.25) is 0 Å². The predicted molar refractivity (Wildman–Crippen MR) is 109 cm³/mol. The lowest BCUT2D eigenvalue weighted by Gasteiger charge is -2.03. The minimum Gasteiger partial charge on any atom is -0.507 e. The van der Waals surface area contributed by atoms with Gasteiger partial charge in [-0.25, -0.2) is 14.6 Å². The lowest BCUT2D eigenvalue weighted by Crippen LogP contribution is -2.06. The highest BCUT2D eigenvalue weighted by atomic mass is 16.5. The Morgan fingerprint density at radius 3 is 2.60 bits per heavy atom. The number of nitrogens with zero attached hydrogens (tertiary/aromatic N) is 2. The molecule has 0 atom stereocenters. The van der Waals surface area contributed by atoms with Crippen molar-refractivity contribution < 1.29 is 24.2 Å². The largest absolute Gasteiger partial charge is 0.507 e. The summed E-state index contributed by atoms with van der Waals surface area (Å²) in [4.78, 5) is 30.5. The van der Waals surface area contributed by atoms with Crippen LogP contribution in [0.5, 0.6) is 0 Å². The van der Waals surface area contributed by atoms with E-state index >= 15 is 0 Å². The molecule has 150 valence electrons. The minimum atomic E-state index is -0.708. The van der Waals surface area contributed by atoms with E-state index in [2.05, 4.69) is 14.7 Å². The quantitative estimate of drug-likeness (QED) is 0.280. The first-order chi connectivity index (χ1) is 14.5. The zero-order valence-electron chi connectivity index (χ0n) is 16.0. The number of hydrogen-bond acceptors (Lipinski definition) is 7. The Kier molecular flexibility index (Phi) is 6.25. The highest BCUT2D eigenvalue weighted by Crippen LogP contribution is 2.18. The fourth-order valence-corrected chi connectivity index (χ4v) is 2.60. The number of benzene rings is 2. The number of carbonyl (C=O) groups excluding carboxylic acids is 2. The number of nitriles is 1. The van der Waals surface area contributed by atoms with Crippen molar-refractivity contribution >= 4 is 34.6 Å². The average molecular weight is 403 g/mol. The van der Waals surface area contributed by atoms with Crippen LogP contribution in [-0.2, 0) is 14.3 Å². The third-order valence-electron chi connectivity index (χ3n) is 4.12. The number of H-pyrrole nitrogens is 1. The number of rotatable bonds is 6. The molecule has 3 rings (SSSR count). The molecular formula is C22H17N3O5. The minimum absolute atomic E-state index is 0.110. The Morgan fingerprint density at radius 2 is 1.93 bits per heavy atom. The van der Waals surface area contributed by atoms with Crippen LogP contribution < -0.4 is 0 Å². The van der Waals surface area contributed by atoms with Crippen LogP contribution in [0.2, 0.25) is 0 Å². The van der Waals surface area contributed by atoms with Crippen LogP contribution >= 0.6 is 0 Å². The Labute approximate surface area is 171 Å². The van der Waals surface area contributed by atoms with Crippen molar-refractivity contribution in [1.29, 1.82) is 5.26 Å². The maximum atomic E-state index is 11.9. The lowest BCUT2D eigenvalue weighted by atomic mass is 10.1. The Morgan fingerprint density at radius 1 is 1.20 bits per heavy atom. The number of aromatic amines is 1. The molecule has 0 aliphatic heterocycles. The fourth-order valence-electron chi connectivity index (χ4n) is 2.60. The van der Waals surface area contributed by atoms with E-state index < -0.39 is 24.3 Å². The highest BCUT2D eigenvalue weighted by molar-refractivity contribution is 5.90. The number of esters is 2.